The Morgan fingerprint density at radius 1 is 1.12 bits per heavy atom. The van der Waals surface area contributed by atoms with Crippen LogP contribution in [0.1, 0.15) is 59.3 Å². The third-order valence-corrected chi connectivity index (χ3v) is 8.79. The van der Waals surface area contributed by atoms with Crippen LogP contribution in [0.2, 0.25) is 0 Å². The molecule has 3 N–H and O–H groups in total. The number of fused-ring (bicyclic) bond motifs is 5. The molecule has 26 heavy (non-hydrogen) atoms. The summed E-state index contributed by atoms with van der Waals surface area (Å²) in [5.74, 6) is -0.174. The van der Waals surface area contributed by atoms with Crippen LogP contribution in [0.15, 0.2) is 11.6 Å². The highest BCUT2D eigenvalue weighted by Gasteiger charge is 2.68. The van der Waals surface area contributed by atoms with Gasteiger partial charge >= 0.3 is 0 Å². The Labute approximate surface area is 154 Å². The van der Waals surface area contributed by atoms with E-state index >= 15 is 0 Å². The summed E-state index contributed by atoms with van der Waals surface area (Å²) in [7, 11) is 0. The molecule has 4 rings (SSSR count). The average Bonchev–Trinajstić information content (AvgIpc) is 2.87. The third-order valence-electron chi connectivity index (χ3n) is 8.79. The van der Waals surface area contributed by atoms with Gasteiger partial charge in [-0.3, -0.25) is 9.59 Å². The highest BCUT2D eigenvalue weighted by molar-refractivity contribution is 5.92. The molecule has 0 heterocycles. The van der Waals surface area contributed by atoms with Crippen molar-refractivity contribution in [1.29, 1.82) is 0 Å². The van der Waals surface area contributed by atoms with Crippen molar-refractivity contribution < 1.29 is 24.9 Å². The highest BCUT2D eigenvalue weighted by atomic mass is 16.3. The summed E-state index contributed by atoms with van der Waals surface area (Å²) in [6, 6.07) is 0. The molecule has 3 saturated carbocycles. The van der Waals surface area contributed by atoms with Crippen LogP contribution in [0.4, 0.5) is 0 Å². The highest BCUT2D eigenvalue weighted by Crippen LogP contribution is 2.67. The Kier molecular flexibility index (Phi) is 3.87. The molecular formula is C21H30O5. The van der Waals surface area contributed by atoms with Gasteiger partial charge in [-0.1, -0.05) is 13.8 Å². The summed E-state index contributed by atoms with van der Waals surface area (Å²) in [5, 5.41) is 33.0. The van der Waals surface area contributed by atoms with Crippen molar-refractivity contribution in [2.24, 2.45) is 28.6 Å². The number of Topliss-reactive ketones (excluding diaryl/α,β-unsaturated/α-hetero) is 1. The first-order chi connectivity index (χ1) is 12.1. The largest absolute Gasteiger partial charge is 0.390 e. The number of ketones is 2. The van der Waals surface area contributed by atoms with E-state index in [4.69, 9.17) is 0 Å². The second-order valence-corrected chi connectivity index (χ2v) is 9.62. The molecule has 0 aliphatic heterocycles. The zero-order chi connectivity index (χ0) is 19.1. The first kappa shape index (κ1) is 18.3. The summed E-state index contributed by atoms with van der Waals surface area (Å²) in [5.41, 5.74) is -1.52. The zero-order valence-corrected chi connectivity index (χ0v) is 15.9. The maximum Gasteiger partial charge on any atom is 0.161 e. The van der Waals surface area contributed by atoms with E-state index in [1.165, 1.54) is 6.92 Å². The lowest BCUT2D eigenvalue weighted by molar-refractivity contribution is -0.180. The molecule has 5 nitrogen and oxygen atoms in total. The van der Waals surface area contributed by atoms with Crippen LogP contribution < -0.4 is 0 Å². The van der Waals surface area contributed by atoms with E-state index in [2.05, 4.69) is 6.92 Å². The van der Waals surface area contributed by atoms with Gasteiger partial charge in [0.1, 0.15) is 11.7 Å². The van der Waals surface area contributed by atoms with Crippen LogP contribution >= 0.6 is 0 Å². The van der Waals surface area contributed by atoms with Gasteiger partial charge < -0.3 is 15.3 Å². The first-order valence-corrected chi connectivity index (χ1v) is 9.91. The van der Waals surface area contributed by atoms with E-state index in [9.17, 15) is 24.9 Å². The Bertz CT molecular complexity index is 699. The number of rotatable bonds is 1. The molecule has 144 valence electrons. The molecular weight excluding hydrogens is 332 g/mol. The van der Waals surface area contributed by atoms with Crippen molar-refractivity contribution in [3.8, 4) is 0 Å². The Morgan fingerprint density at radius 3 is 2.42 bits per heavy atom. The van der Waals surface area contributed by atoms with Gasteiger partial charge in [-0.05, 0) is 73.8 Å². The normalized spacial score (nSPS) is 53.4. The van der Waals surface area contributed by atoms with E-state index in [0.717, 1.165) is 12.8 Å². The number of aliphatic hydroxyl groups excluding tert-OH is 2. The van der Waals surface area contributed by atoms with Crippen LogP contribution in [-0.4, -0.2) is 44.7 Å². The minimum atomic E-state index is -1.34. The van der Waals surface area contributed by atoms with Gasteiger partial charge in [0.15, 0.2) is 11.6 Å². The fourth-order valence-corrected chi connectivity index (χ4v) is 7.17. The molecule has 0 aromatic rings. The van der Waals surface area contributed by atoms with Crippen LogP contribution in [0.3, 0.4) is 0 Å². The van der Waals surface area contributed by atoms with Crippen molar-refractivity contribution in [2.45, 2.75) is 77.1 Å². The predicted molar refractivity (Wildman–Crippen MR) is 95.1 cm³/mol. The lowest BCUT2D eigenvalue weighted by atomic mass is 9.45. The van der Waals surface area contributed by atoms with E-state index in [1.54, 1.807) is 6.08 Å². The SMILES string of the molecule is CC(=O)[C@@]1(O)CC[C@H]2[C@@H]3[C@@H](O)[C@@H](O)C4=CC(=O)CC[C@]4(C)[C@H]3CC[C@@]21C. The minimum absolute atomic E-state index is 0.00389. The molecule has 0 saturated heterocycles. The van der Waals surface area contributed by atoms with Crippen LogP contribution in [0, 0.1) is 28.6 Å². The molecule has 8 atom stereocenters. The lowest BCUT2D eigenvalue weighted by Crippen LogP contribution is -2.63. The fourth-order valence-electron chi connectivity index (χ4n) is 7.17. The quantitative estimate of drug-likeness (QED) is 0.661. The molecule has 4 aliphatic carbocycles. The van der Waals surface area contributed by atoms with E-state index in [1.807, 2.05) is 6.92 Å². The molecule has 4 aliphatic rings. The molecule has 0 radical (unpaired) electrons. The molecule has 0 spiro atoms. The summed E-state index contributed by atoms with van der Waals surface area (Å²) >= 11 is 0. The minimum Gasteiger partial charge on any atom is -0.390 e. The third kappa shape index (κ3) is 2.02. The van der Waals surface area contributed by atoms with Gasteiger partial charge in [0.05, 0.1) is 6.10 Å². The number of hydrogen-bond donors (Lipinski definition) is 3. The van der Waals surface area contributed by atoms with Crippen molar-refractivity contribution >= 4 is 11.6 Å². The molecule has 0 amide bonds. The van der Waals surface area contributed by atoms with Crippen molar-refractivity contribution in [3.63, 3.8) is 0 Å². The van der Waals surface area contributed by atoms with Crippen LogP contribution in [0.25, 0.3) is 0 Å². The lowest BCUT2D eigenvalue weighted by Gasteiger charge is -2.61. The Balaban J connectivity index is 1.78. The smallest absolute Gasteiger partial charge is 0.161 e. The molecule has 0 unspecified atom stereocenters. The first-order valence-electron chi connectivity index (χ1n) is 9.91. The van der Waals surface area contributed by atoms with Crippen LogP contribution in [0.5, 0.6) is 0 Å². The molecule has 0 bridgehead atoms. The molecule has 5 heteroatoms. The second kappa shape index (κ2) is 5.49. The van der Waals surface area contributed by atoms with E-state index < -0.39 is 23.2 Å². The van der Waals surface area contributed by atoms with Gasteiger partial charge in [-0.15, -0.1) is 0 Å². The fraction of sp³-hybridized carbons (Fsp3) is 0.810. The monoisotopic (exact) mass is 362 g/mol. The number of hydrogen-bond acceptors (Lipinski definition) is 5. The van der Waals surface area contributed by atoms with Crippen LogP contribution in [-0.2, 0) is 9.59 Å². The van der Waals surface area contributed by atoms with Gasteiger partial charge in [0.25, 0.3) is 0 Å². The Hall–Kier alpha value is -1.04. The maximum atomic E-state index is 12.3. The van der Waals surface area contributed by atoms with Gasteiger partial charge in [0, 0.05) is 11.8 Å². The number of aliphatic hydroxyl groups is 3. The summed E-state index contributed by atoms with van der Waals surface area (Å²) < 4.78 is 0. The van der Waals surface area contributed by atoms with Crippen molar-refractivity contribution in [1.82, 2.24) is 0 Å². The number of carbonyl (C=O) groups excluding carboxylic acids is 2. The second-order valence-electron chi connectivity index (χ2n) is 9.62. The average molecular weight is 362 g/mol. The van der Waals surface area contributed by atoms with E-state index in [-0.39, 0.29) is 34.7 Å². The summed E-state index contributed by atoms with van der Waals surface area (Å²) in [4.78, 5) is 24.2. The number of carbonyl (C=O) groups is 2. The Morgan fingerprint density at radius 2 is 1.77 bits per heavy atom. The summed E-state index contributed by atoms with van der Waals surface area (Å²) in [6.07, 6.45) is 3.37. The summed E-state index contributed by atoms with van der Waals surface area (Å²) in [6.45, 7) is 5.56. The maximum absolute atomic E-state index is 12.3. The molecule has 0 aromatic carbocycles. The zero-order valence-electron chi connectivity index (χ0n) is 15.9. The predicted octanol–water partition coefficient (Wildman–Crippen LogP) is 1.78. The van der Waals surface area contributed by atoms with Gasteiger partial charge in [-0.2, -0.15) is 0 Å². The van der Waals surface area contributed by atoms with Gasteiger partial charge in [-0.25, -0.2) is 0 Å². The standard InChI is InChI=1S/C21H30O5/c1-11(22)21(26)9-6-14-16-13(5-8-20(14,21)3)19(2)7-4-12(23)10-15(19)17(24)18(16)25/h10,13-14,16-18,24-26H,4-9H2,1-3H3/t13-,14-,16+,17-,18+,19+,20-,21-/m0/s1. The topological polar surface area (TPSA) is 94.8 Å². The van der Waals surface area contributed by atoms with Crippen molar-refractivity contribution in [3.05, 3.63) is 11.6 Å². The van der Waals surface area contributed by atoms with Crippen molar-refractivity contribution in [2.75, 3.05) is 0 Å². The van der Waals surface area contributed by atoms with E-state index in [0.29, 0.717) is 31.3 Å². The molecule has 0 aromatic heterocycles. The molecule has 3 fully saturated rings. The van der Waals surface area contributed by atoms with Gasteiger partial charge in [0.2, 0.25) is 0 Å².